The summed E-state index contributed by atoms with van der Waals surface area (Å²) in [5.41, 5.74) is 0.513. The number of ketones is 1. The van der Waals surface area contributed by atoms with Crippen LogP contribution in [0.25, 0.3) is 0 Å². The Kier molecular flexibility index (Phi) is 5.42. The van der Waals surface area contributed by atoms with Crippen molar-refractivity contribution in [3.63, 3.8) is 0 Å². The quantitative estimate of drug-likeness (QED) is 0.602. The molecule has 0 atom stereocenters. The van der Waals surface area contributed by atoms with Crippen molar-refractivity contribution < 1.29 is 19.5 Å². The summed E-state index contributed by atoms with van der Waals surface area (Å²) in [5.74, 6) is -2.20. The number of nitrogens with zero attached hydrogens (tertiary/aromatic N) is 1. The maximum Gasteiger partial charge on any atom is 0.337 e. The number of halogens is 1. The van der Waals surface area contributed by atoms with Crippen molar-refractivity contribution in [2.45, 2.75) is 0 Å². The molecule has 134 valence electrons. The van der Waals surface area contributed by atoms with Crippen molar-refractivity contribution in [1.29, 1.82) is 0 Å². The minimum absolute atomic E-state index is 0.0781. The van der Waals surface area contributed by atoms with Gasteiger partial charge in [0.05, 0.1) is 16.8 Å². The molecule has 6 nitrogen and oxygen atoms in total. The molecule has 1 heterocycles. The Morgan fingerprint density at radius 1 is 0.926 bits per heavy atom. The second-order valence-electron chi connectivity index (χ2n) is 5.54. The number of hydrogen-bond donors (Lipinski definition) is 2. The molecule has 0 aliphatic rings. The van der Waals surface area contributed by atoms with Crippen molar-refractivity contribution in [2.24, 2.45) is 0 Å². The van der Waals surface area contributed by atoms with Crippen molar-refractivity contribution in [3.8, 4) is 0 Å². The van der Waals surface area contributed by atoms with Crippen LogP contribution in [0.2, 0.25) is 0 Å². The Morgan fingerprint density at radius 2 is 1.67 bits per heavy atom. The van der Waals surface area contributed by atoms with E-state index in [2.05, 4.69) is 26.2 Å². The van der Waals surface area contributed by atoms with Crippen molar-refractivity contribution in [1.82, 2.24) is 4.98 Å². The molecule has 0 saturated carbocycles. The molecule has 0 saturated heterocycles. The molecule has 0 radical (unpaired) electrons. The van der Waals surface area contributed by atoms with E-state index in [0.717, 1.165) is 0 Å². The molecule has 3 rings (SSSR count). The molecule has 7 heteroatoms. The molecule has 2 N–H and O–H groups in total. The van der Waals surface area contributed by atoms with E-state index in [-0.39, 0.29) is 28.3 Å². The van der Waals surface area contributed by atoms with E-state index in [1.165, 1.54) is 24.4 Å². The third-order valence-electron chi connectivity index (χ3n) is 3.76. The highest BCUT2D eigenvalue weighted by molar-refractivity contribution is 9.10. The lowest BCUT2D eigenvalue weighted by atomic mass is 10.0. The van der Waals surface area contributed by atoms with Crippen molar-refractivity contribution in [3.05, 3.63) is 93.7 Å². The SMILES string of the molecule is O=C(O)c1cc(Br)ccc1NC(=O)c1ncccc1C(=O)c1ccccc1. The lowest BCUT2D eigenvalue weighted by Crippen LogP contribution is -2.20. The molecule has 0 fully saturated rings. The zero-order valence-electron chi connectivity index (χ0n) is 13.8. The fraction of sp³-hybridized carbons (Fsp3) is 0. The maximum atomic E-state index is 12.7. The van der Waals surface area contributed by atoms with Crippen LogP contribution >= 0.6 is 15.9 Å². The molecule has 0 aliphatic heterocycles. The van der Waals surface area contributed by atoms with E-state index in [0.29, 0.717) is 10.0 Å². The van der Waals surface area contributed by atoms with Gasteiger partial charge in [0.2, 0.25) is 0 Å². The van der Waals surface area contributed by atoms with Gasteiger partial charge in [0.25, 0.3) is 5.91 Å². The number of hydrogen-bond acceptors (Lipinski definition) is 4. The normalized spacial score (nSPS) is 10.3. The number of carboxylic acid groups (broad SMARTS) is 1. The average molecular weight is 425 g/mol. The second-order valence-corrected chi connectivity index (χ2v) is 6.46. The smallest absolute Gasteiger partial charge is 0.337 e. The van der Waals surface area contributed by atoms with Gasteiger partial charge in [-0.1, -0.05) is 46.3 Å². The van der Waals surface area contributed by atoms with E-state index in [1.807, 2.05) is 0 Å². The average Bonchev–Trinajstić information content (AvgIpc) is 2.69. The Bertz CT molecular complexity index is 1040. The van der Waals surface area contributed by atoms with E-state index in [4.69, 9.17) is 0 Å². The third-order valence-corrected chi connectivity index (χ3v) is 4.26. The van der Waals surface area contributed by atoms with Gasteiger partial charge in [-0.2, -0.15) is 0 Å². The molecule has 0 spiro atoms. The molecule has 0 aliphatic carbocycles. The summed E-state index contributed by atoms with van der Waals surface area (Å²) in [6, 6.07) is 16.1. The van der Waals surface area contributed by atoms with Crippen LogP contribution in [-0.2, 0) is 0 Å². The van der Waals surface area contributed by atoms with Gasteiger partial charge in [-0.15, -0.1) is 0 Å². The van der Waals surface area contributed by atoms with E-state index in [9.17, 15) is 19.5 Å². The number of carbonyl (C=O) groups is 3. The first-order valence-corrected chi connectivity index (χ1v) is 8.65. The zero-order valence-corrected chi connectivity index (χ0v) is 15.4. The lowest BCUT2D eigenvalue weighted by Gasteiger charge is -2.11. The Labute approximate surface area is 163 Å². The van der Waals surface area contributed by atoms with Gasteiger partial charge in [0.1, 0.15) is 5.69 Å². The predicted octanol–water partition coefficient (Wildman–Crippen LogP) is 4.03. The Morgan fingerprint density at radius 3 is 2.37 bits per heavy atom. The van der Waals surface area contributed by atoms with Gasteiger partial charge >= 0.3 is 5.97 Å². The fourth-order valence-corrected chi connectivity index (χ4v) is 2.86. The number of benzene rings is 2. The number of aromatic carboxylic acids is 1. The third kappa shape index (κ3) is 4.09. The predicted molar refractivity (Wildman–Crippen MR) is 103 cm³/mol. The standard InChI is InChI=1S/C20H13BrN2O4/c21-13-8-9-16(15(11-13)20(26)27)23-19(25)17-14(7-4-10-22-17)18(24)12-5-2-1-3-6-12/h1-11H,(H,23,25)(H,26,27). The molecular formula is C20H13BrN2O4. The molecular weight excluding hydrogens is 412 g/mol. The van der Waals surface area contributed by atoms with E-state index < -0.39 is 11.9 Å². The summed E-state index contributed by atoms with van der Waals surface area (Å²) in [6.07, 6.45) is 1.40. The number of carboxylic acids is 1. The molecule has 27 heavy (non-hydrogen) atoms. The zero-order chi connectivity index (χ0) is 19.4. The van der Waals surface area contributed by atoms with Gasteiger partial charge < -0.3 is 10.4 Å². The Balaban J connectivity index is 1.96. The summed E-state index contributed by atoms with van der Waals surface area (Å²) in [6.45, 7) is 0. The monoisotopic (exact) mass is 424 g/mol. The van der Waals surface area contributed by atoms with Gasteiger partial charge in [-0.3, -0.25) is 14.6 Å². The number of nitrogens with one attached hydrogen (secondary N) is 1. The number of carbonyl (C=O) groups excluding carboxylic acids is 2. The van der Waals surface area contributed by atoms with Crippen molar-refractivity contribution >= 4 is 39.3 Å². The number of amides is 1. The number of rotatable bonds is 5. The summed E-state index contributed by atoms with van der Waals surface area (Å²) in [7, 11) is 0. The van der Waals surface area contributed by atoms with Gasteiger partial charge in [0, 0.05) is 16.2 Å². The highest BCUT2D eigenvalue weighted by Crippen LogP contribution is 2.22. The Hall–Kier alpha value is -3.32. The van der Waals surface area contributed by atoms with Gasteiger partial charge in [-0.05, 0) is 30.3 Å². The summed E-state index contributed by atoms with van der Waals surface area (Å²) in [5, 5.41) is 11.8. The molecule has 3 aromatic rings. The number of aromatic nitrogens is 1. The molecule has 0 unspecified atom stereocenters. The van der Waals surface area contributed by atoms with Gasteiger partial charge in [0.15, 0.2) is 5.78 Å². The largest absolute Gasteiger partial charge is 0.478 e. The lowest BCUT2D eigenvalue weighted by molar-refractivity contribution is 0.0697. The highest BCUT2D eigenvalue weighted by Gasteiger charge is 2.21. The van der Waals surface area contributed by atoms with Crippen LogP contribution < -0.4 is 5.32 Å². The van der Waals surface area contributed by atoms with Crippen LogP contribution in [0.3, 0.4) is 0 Å². The molecule has 1 amide bonds. The topological polar surface area (TPSA) is 96.4 Å². The second kappa shape index (κ2) is 7.92. The minimum atomic E-state index is -1.19. The molecule has 1 aromatic heterocycles. The van der Waals surface area contributed by atoms with E-state index in [1.54, 1.807) is 42.5 Å². The fourth-order valence-electron chi connectivity index (χ4n) is 2.50. The first-order chi connectivity index (χ1) is 13.0. The number of anilines is 1. The van der Waals surface area contributed by atoms with Crippen LogP contribution in [0.1, 0.15) is 36.8 Å². The number of pyridine rings is 1. The minimum Gasteiger partial charge on any atom is -0.478 e. The van der Waals surface area contributed by atoms with Crippen LogP contribution in [0, 0.1) is 0 Å². The molecule has 2 aromatic carbocycles. The van der Waals surface area contributed by atoms with Crippen LogP contribution in [0.5, 0.6) is 0 Å². The highest BCUT2D eigenvalue weighted by atomic mass is 79.9. The summed E-state index contributed by atoms with van der Waals surface area (Å²) in [4.78, 5) is 40.9. The van der Waals surface area contributed by atoms with Crippen LogP contribution in [0.15, 0.2) is 71.3 Å². The first kappa shape index (κ1) is 18.5. The van der Waals surface area contributed by atoms with E-state index >= 15 is 0 Å². The van der Waals surface area contributed by atoms with Gasteiger partial charge in [-0.25, -0.2) is 4.79 Å². The maximum absolute atomic E-state index is 12.7. The summed E-state index contributed by atoms with van der Waals surface area (Å²) < 4.78 is 0.565. The van der Waals surface area contributed by atoms with Crippen molar-refractivity contribution in [2.75, 3.05) is 5.32 Å². The molecule has 0 bridgehead atoms. The summed E-state index contributed by atoms with van der Waals surface area (Å²) >= 11 is 3.20. The van der Waals surface area contributed by atoms with Crippen LogP contribution in [0.4, 0.5) is 5.69 Å². The first-order valence-electron chi connectivity index (χ1n) is 7.86. The van der Waals surface area contributed by atoms with Crippen LogP contribution in [-0.4, -0.2) is 27.8 Å².